The molecule has 1 aromatic carbocycles. The number of rotatable bonds is 1. The molecule has 5 atom stereocenters. The van der Waals surface area contributed by atoms with Gasteiger partial charge in [-0.2, -0.15) is 0 Å². The predicted octanol–water partition coefficient (Wildman–Crippen LogP) is 4.59. The number of hydrogen-bond donors (Lipinski definition) is 3. The van der Waals surface area contributed by atoms with E-state index in [0.29, 0.717) is 17.8 Å². The van der Waals surface area contributed by atoms with Crippen molar-refractivity contribution in [2.24, 2.45) is 17.3 Å². The Balaban J connectivity index is 1.73. The zero-order valence-electron chi connectivity index (χ0n) is 14.0. The summed E-state index contributed by atoms with van der Waals surface area (Å²) in [6, 6.07) is 3.30. The van der Waals surface area contributed by atoms with Crippen molar-refractivity contribution >= 4 is 15.9 Å². The molecule has 3 N–H and O–H groups in total. The summed E-state index contributed by atoms with van der Waals surface area (Å²) in [5.74, 6) is 1.73. The first-order valence-electron chi connectivity index (χ1n) is 8.95. The van der Waals surface area contributed by atoms with Crippen LogP contribution in [0.1, 0.15) is 56.1 Å². The van der Waals surface area contributed by atoms with Crippen molar-refractivity contribution in [2.75, 3.05) is 0 Å². The van der Waals surface area contributed by atoms with Crippen LogP contribution >= 0.6 is 15.9 Å². The first kappa shape index (κ1) is 16.5. The molecule has 0 bridgehead atoms. The smallest absolute Gasteiger partial charge is 0.123 e. The van der Waals surface area contributed by atoms with E-state index in [1.165, 1.54) is 6.07 Å². The number of aryl methyl sites for hydroxylation is 1. The van der Waals surface area contributed by atoms with E-state index >= 15 is 0 Å². The quantitative estimate of drug-likeness (QED) is 0.654. The topological polar surface area (TPSA) is 60.7 Å². The second-order valence-corrected chi connectivity index (χ2v) is 8.69. The number of aromatic hydroxyl groups is 2. The van der Waals surface area contributed by atoms with Gasteiger partial charge in [-0.3, -0.25) is 0 Å². The molecule has 130 valence electrons. The molecule has 24 heavy (non-hydrogen) atoms. The van der Waals surface area contributed by atoms with Crippen LogP contribution in [-0.2, 0) is 6.42 Å². The number of fused-ring (bicyclic) bond motifs is 5. The predicted molar refractivity (Wildman–Crippen MR) is 97.4 cm³/mol. The Hall–Kier alpha value is -1.00. The van der Waals surface area contributed by atoms with Gasteiger partial charge in [-0.25, -0.2) is 0 Å². The van der Waals surface area contributed by atoms with Gasteiger partial charge in [0.15, 0.2) is 0 Å². The first-order valence-corrected chi connectivity index (χ1v) is 9.86. The van der Waals surface area contributed by atoms with Gasteiger partial charge in [0.1, 0.15) is 11.5 Å². The van der Waals surface area contributed by atoms with Gasteiger partial charge in [-0.05, 0) is 79.0 Å². The second kappa shape index (κ2) is 5.50. The second-order valence-electron chi connectivity index (χ2n) is 8.16. The van der Waals surface area contributed by atoms with Crippen molar-refractivity contribution in [1.82, 2.24) is 0 Å². The van der Waals surface area contributed by atoms with E-state index in [1.54, 1.807) is 4.99 Å². The highest BCUT2D eigenvalue weighted by molar-refractivity contribution is 9.11. The molecule has 2 saturated carbocycles. The van der Waals surface area contributed by atoms with Crippen LogP contribution in [0.4, 0.5) is 0 Å². The molecule has 3 aliphatic rings. The number of halogens is 1. The third kappa shape index (κ3) is 2.12. The molecule has 0 spiro atoms. The third-order valence-corrected chi connectivity index (χ3v) is 7.60. The fourth-order valence-electron chi connectivity index (χ4n) is 6.12. The molecule has 0 radical (unpaired) electrons. The normalized spacial score (nSPS) is 41.0. The highest BCUT2D eigenvalue weighted by Crippen LogP contribution is 2.65. The van der Waals surface area contributed by atoms with Crippen molar-refractivity contribution in [3.05, 3.63) is 34.3 Å². The van der Waals surface area contributed by atoms with Gasteiger partial charge >= 0.3 is 0 Å². The van der Waals surface area contributed by atoms with E-state index in [9.17, 15) is 15.3 Å². The van der Waals surface area contributed by atoms with E-state index < -0.39 is 5.60 Å². The van der Waals surface area contributed by atoms with Gasteiger partial charge in [-0.1, -0.05) is 22.9 Å². The summed E-state index contributed by atoms with van der Waals surface area (Å²) in [6.45, 7) is 2.25. The summed E-state index contributed by atoms with van der Waals surface area (Å²) < 4.78 is 0. The van der Waals surface area contributed by atoms with Crippen LogP contribution in [0.15, 0.2) is 23.2 Å². The van der Waals surface area contributed by atoms with Gasteiger partial charge < -0.3 is 15.3 Å². The summed E-state index contributed by atoms with van der Waals surface area (Å²) >= 11 is 3.34. The minimum absolute atomic E-state index is 0.0948. The van der Waals surface area contributed by atoms with Crippen LogP contribution in [0.5, 0.6) is 11.5 Å². The summed E-state index contributed by atoms with van der Waals surface area (Å²) in [4.78, 5) is 1.80. The van der Waals surface area contributed by atoms with Crippen molar-refractivity contribution in [1.29, 1.82) is 0 Å². The van der Waals surface area contributed by atoms with Crippen molar-refractivity contribution in [3.63, 3.8) is 0 Å². The highest BCUT2D eigenvalue weighted by atomic mass is 79.9. The van der Waals surface area contributed by atoms with Crippen LogP contribution in [0, 0.1) is 17.3 Å². The SMILES string of the molecule is C[C@]12CC[C@@H]3c4c(O)cc(O)cc4CC[C@H]3[C@@H]1CC[C@@]2(O)/C=C/Br. The van der Waals surface area contributed by atoms with E-state index in [2.05, 4.69) is 22.9 Å². The Bertz CT molecular complexity index is 700. The third-order valence-electron chi connectivity index (χ3n) is 7.34. The highest BCUT2D eigenvalue weighted by Gasteiger charge is 2.60. The van der Waals surface area contributed by atoms with Crippen LogP contribution in [-0.4, -0.2) is 20.9 Å². The molecule has 0 saturated heterocycles. The molecular formula is C20H25BrO3. The maximum Gasteiger partial charge on any atom is 0.123 e. The Morgan fingerprint density at radius 3 is 2.71 bits per heavy atom. The van der Waals surface area contributed by atoms with Gasteiger partial charge in [-0.15, -0.1) is 0 Å². The molecular weight excluding hydrogens is 368 g/mol. The van der Waals surface area contributed by atoms with Crippen LogP contribution in [0.3, 0.4) is 0 Å². The summed E-state index contributed by atoms with van der Waals surface area (Å²) in [5.41, 5.74) is 1.33. The van der Waals surface area contributed by atoms with E-state index in [4.69, 9.17) is 0 Å². The van der Waals surface area contributed by atoms with Crippen LogP contribution < -0.4 is 0 Å². The molecule has 4 rings (SSSR count). The molecule has 3 aliphatic carbocycles. The average molecular weight is 393 g/mol. The number of aliphatic hydroxyl groups is 1. The fourth-order valence-corrected chi connectivity index (χ4v) is 6.55. The maximum atomic E-state index is 11.2. The van der Waals surface area contributed by atoms with Crippen molar-refractivity contribution in [2.45, 2.75) is 57.0 Å². The van der Waals surface area contributed by atoms with Crippen LogP contribution in [0.2, 0.25) is 0 Å². The standard InChI is InChI=1S/C20H25BrO3/c1-19-6-4-15-14(16(19)5-7-20(19,24)8-9-21)3-2-12-10-13(22)11-17(23)18(12)15/h8-11,14-16,22-24H,2-7H2,1H3/b9-8+/t14-,15+,16+,19+,20-/m1/s1. The lowest BCUT2D eigenvalue weighted by molar-refractivity contribution is -0.0709. The lowest BCUT2D eigenvalue weighted by Crippen LogP contribution is -2.49. The zero-order valence-corrected chi connectivity index (χ0v) is 15.6. The summed E-state index contributed by atoms with van der Waals surface area (Å²) in [6.07, 6.45) is 7.72. The lowest BCUT2D eigenvalue weighted by atomic mass is 9.53. The molecule has 4 heteroatoms. The zero-order chi connectivity index (χ0) is 17.1. The number of benzene rings is 1. The molecule has 1 aromatic rings. The molecule has 0 aliphatic heterocycles. The molecule has 0 unspecified atom stereocenters. The lowest BCUT2D eigenvalue weighted by Gasteiger charge is -2.52. The molecule has 2 fully saturated rings. The largest absolute Gasteiger partial charge is 0.508 e. The molecule has 3 nitrogen and oxygen atoms in total. The van der Waals surface area contributed by atoms with Crippen molar-refractivity contribution in [3.8, 4) is 11.5 Å². The summed E-state index contributed by atoms with van der Waals surface area (Å²) in [5, 5.41) is 31.4. The Kier molecular flexibility index (Phi) is 3.77. The van der Waals surface area contributed by atoms with Gasteiger partial charge in [0.25, 0.3) is 0 Å². The van der Waals surface area contributed by atoms with Crippen LogP contribution in [0.25, 0.3) is 0 Å². The van der Waals surface area contributed by atoms with Gasteiger partial charge in [0.2, 0.25) is 0 Å². The number of hydrogen-bond acceptors (Lipinski definition) is 3. The number of phenolic OH excluding ortho intramolecular Hbond substituents is 2. The van der Waals surface area contributed by atoms with E-state index in [1.807, 2.05) is 12.1 Å². The molecule has 0 amide bonds. The van der Waals surface area contributed by atoms with Crippen molar-refractivity contribution < 1.29 is 15.3 Å². The fraction of sp³-hybridized carbons (Fsp3) is 0.600. The number of phenols is 2. The van der Waals surface area contributed by atoms with E-state index in [-0.39, 0.29) is 16.9 Å². The minimum atomic E-state index is -0.733. The Morgan fingerprint density at radius 1 is 1.17 bits per heavy atom. The maximum absolute atomic E-state index is 11.2. The summed E-state index contributed by atoms with van der Waals surface area (Å²) in [7, 11) is 0. The molecule has 0 aromatic heterocycles. The molecule has 0 heterocycles. The first-order chi connectivity index (χ1) is 11.4. The van der Waals surface area contributed by atoms with Gasteiger partial charge in [0, 0.05) is 17.0 Å². The average Bonchev–Trinajstić information content (AvgIpc) is 2.79. The van der Waals surface area contributed by atoms with Gasteiger partial charge in [0.05, 0.1) is 5.60 Å². The van der Waals surface area contributed by atoms with E-state index in [0.717, 1.165) is 49.7 Å². The Morgan fingerprint density at radius 2 is 1.96 bits per heavy atom. The monoisotopic (exact) mass is 392 g/mol. The Labute approximate surface area is 151 Å². The minimum Gasteiger partial charge on any atom is -0.508 e.